The lowest BCUT2D eigenvalue weighted by molar-refractivity contribution is -0.385. The van der Waals surface area contributed by atoms with E-state index in [0.29, 0.717) is 18.6 Å². The van der Waals surface area contributed by atoms with Crippen molar-refractivity contribution in [1.29, 1.82) is 0 Å². The molecule has 1 aromatic heterocycles. The van der Waals surface area contributed by atoms with Gasteiger partial charge in [0.25, 0.3) is 5.69 Å². The standard InChI is InChI=1S/C15H12ClF2N3O3/c16-10-6-9(21(22)23)7-19-15(10)20-13-3-4-24-14(13)8-1-2-11(17)12(18)5-8/h1-2,5-7,13-14H,3-4H2,(H,19,20). The van der Waals surface area contributed by atoms with Crippen LogP contribution < -0.4 is 5.32 Å². The van der Waals surface area contributed by atoms with E-state index in [1.807, 2.05) is 0 Å². The molecule has 1 aromatic carbocycles. The first kappa shape index (κ1) is 16.5. The van der Waals surface area contributed by atoms with Crippen LogP contribution in [0, 0.1) is 21.7 Å². The Morgan fingerprint density at radius 3 is 2.79 bits per heavy atom. The number of pyridine rings is 1. The molecule has 2 heterocycles. The van der Waals surface area contributed by atoms with Crippen LogP contribution in [-0.4, -0.2) is 22.6 Å². The van der Waals surface area contributed by atoms with E-state index in [2.05, 4.69) is 10.3 Å². The molecule has 0 aliphatic carbocycles. The number of anilines is 1. The van der Waals surface area contributed by atoms with Gasteiger partial charge in [-0.05, 0) is 24.1 Å². The number of halogens is 3. The molecule has 1 aliphatic rings. The molecule has 1 N–H and O–H groups in total. The lowest BCUT2D eigenvalue weighted by Crippen LogP contribution is -2.24. The fourth-order valence-corrected chi connectivity index (χ4v) is 2.78. The monoisotopic (exact) mass is 355 g/mol. The zero-order valence-corrected chi connectivity index (χ0v) is 13.0. The van der Waals surface area contributed by atoms with Gasteiger partial charge < -0.3 is 10.1 Å². The molecular formula is C15H12ClF2N3O3. The van der Waals surface area contributed by atoms with Crippen LogP contribution in [0.1, 0.15) is 18.1 Å². The quantitative estimate of drug-likeness (QED) is 0.665. The van der Waals surface area contributed by atoms with Crippen LogP contribution in [0.25, 0.3) is 0 Å². The molecule has 0 amide bonds. The molecule has 2 atom stereocenters. The lowest BCUT2D eigenvalue weighted by Gasteiger charge is -2.21. The highest BCUT2D eigenvalue weighted by Gasteiger charge is 2.31. The first-order chi connectivity index (χ1) is 11.5. The Balaban J connectivity index is 1.81. The van der Waals surface area contributed by atoms with E-state index in [1.165, 1.54) is 12.1 Å². The third-order valence-electron chi connectivity index (χ3n) is 3.72. The zero-order valence-electron chi connectivity index (χ0n) is 12.2. The van der Waals surface area contributed by atoms with Crippen molar-refractivity contribution in [3.05, 3.63) is 62.8 Å². The van der Waals surface area contributed by atoms with Gasteiger partial charge in [-0.1, -0.05) is 17.7 Å². The maximum atomic E-state index is 13.4. The number of hydrogen-bond donors (Lipinski definition) is 1. The van der Waals surface area contributed by atoms with E-state index < -0.39 is 22.7 Å². The van der Waals surface area contributed by atoms with Crippen LogP contribution in [0.2, 0.25) is 5.02 Å². The SMILES string of the molecule is O=[N+]([O-])c1cnc(NC2CCOC2c2ccc(F)c(F)c2)c(Cl)c1. The molecule has 3 rings (SSSR count). The van der Waals surface area contributed by atoms with Gasteiger partial charge in [0.1, 0.15) is 18.1 Å². The number of nitrogens with one attached hydrogen (secondary N) is 1. The average molecular weight is 356 g/mol. The summed E-state index contributed by atoms with van der Waals surface area (Å²) in [5, 5.41) is 13.9. The molecule has 6 nitrogen and oxygen atoms in total. The minimum atomic E-state index is -0.951. The lowest BCUT2D eigenvalue weighted by atomic mass is 10.0. The molecule has 126 valence electrons. The van der Waals surface area contributed by atoms with Gasteiger partial charge in [-0.2, -0.15) is 0 Å². The van der Waals surface area contributed by atoms with Gasteiger partial charge in [0, 0.05) is 12.7 Å². The number of nitro groups is 1. The summed E-state index contributed by atoms with van der Waals surface area (Å²) in [5.74, 6) is -1.61. The molecule has 1 aliphatic heterocycles. The van der Waals surface area contributed by atoms with Gasteiger partial charge in [0.2, 0.25) is 0 Å². The average Bonchev–Trinajstić information content (AvgIpc) is 3.00. The minimum absolute atomic E-state index is 0.0973. The Kier molecular flexibility index (Phi) is 4.59. The number of rotatable bonds is 4. The Morgan fingerprint density at radius 2 is 2.12 bits per heavy atom. The largest absolute Gasteiger partial charge is 0.371 e. The summed E-state index contributed by atoms with van der Waals surface area (Å²) in [7, 11) is 0. The van der Waals surface area contributed by atoms with Crippen molar-refractivity contribution >= 4 is 23.1 Å². The highest BCUT2D eigenvalue weighted by molar-refractivity contribution is 6.33. The van der Waals surface area contributed by atoms with E-state index in [-0.39, 0.29) is 22.6 Å². The van der Waals surface area contributed by atoms with Gasteiger partial charge in [-0.15, -0.1) is 0 Å². The van der Waals surface area contributed by atoms with Gasteiger partial charge in [0.15, 0.2) is 11.6 Å². The van der Waals surface area contributed by atoms with Crippen molar-refractivity contribution in [2.45, 2.75) is 18.6 Å². The molecule has 0 spiro atoms. The summed E-state index contributed by atoms with van der Waals surface area (Å²) in [6, 6.07) is 4.50. The molecule has 0 saturated carbocycles. The summed E-state index contributed by atoms with van der Waals surface area (Å²) in [6.45, 7) is 0.423. The molecule has 1 saturated heterocycles. The Morgan fingerprint density at radius 1 is 1.33 bits per heavy atom. The zero-order chi connectivity index (χ0) is 17.3. The van der Waals surface area contributed by atoms with E-state index in [1.54, 1.807) is 0 Å². The first-order valence-electron chi connectivity index (χ1n) is 7.08. The van der Waals surface area contributed by atoms with Crippen molar-refractivity contribution in [2.24, 2.45) is 0 Å². The smallest absolute Gasteiger partial charge is 0.289 e. The van der Waals surface area contributed by atoms with Crippen LogP contribution in [0.3, 0.4) is 0 Å². The van der Waals surface area contributed by atoms with Crippen LogP contribution in [0.15, 0.2) is 30.5 Å². The number of benzene rings is 1. The normalized spacial score (nSPS) is 20.1. The molecule has 2 unspecified atom stereocenters. The van der Waals surface area contributed by atoms with Crippen molar-refractivity contribution in [2.75, 3.05) is 11.9 Å². The second-order valence-electron chi connectivity index (χ2n) is 5.29. The Hall–Kier alpha value is -2.32. The minimum Gasteiger partial charge on any atom is -0.371 e. The van der Waals surface area contributed by atoms with Crippen LogP contribution in [-0.2, 0) is 4.74 Å². The fraction of sp³-hybridized carbons (Fsp3) is 0.267. The summed E-state index contributed by atoms with van der Waals surface area (Å²) in [4.78, 5) is 14.1. The van der Waals surface area contributed by atoms with E-state index >= 15 is 0 Å². The van der Waals surface area contributed by atoms with Gasteiger partial charge in [0.05, 0.1) is 16.0 Å². The van der Waals surface area contributed by atoms with Gasteiger partial charge in [-0.25, -0.2) is 13.8 Å². The molecule has 1 fully saturated rings. The van der Waals surface area contributed by atoms with E-state index in [4.69, 9.17) is 16.3 Å². The highest BCUT2D eigenvalue weighted by Crippen LogP contribution is 2.34. The Labute approximate surface area is 140 Å². The molecule has 2 aromatic rings. The third-order valence-corrected chi connectivity index (χ3v) is 4.01. The maximum Gasteiger partial charge on any atom is 0.289 e. The third kappa shape index (κ3) is 3.29. The molecule has 9 heteroatoms. The number of ether oxygens (including phenoxy) is 1. The topological polar surface area (TPSA) is 77.3 Å². The fourth-order valence-electron chi connectivity index (χ4n) is 2.56. The predicted molar refractivity (Wildman–Crippen MR) is 83.0 cm³/mol. The van der Waals surface area contributed by atoms with Crippen LogP contribution >= 0.6 is 11.6 Å². The van der Waals surface area contributed by atoms with Crippen molar-refractivity contribution in [3.8, 4) is 0 Å². The summed E-state index contributed by atoms with van der Waals surface area (Å²) < 4.78 is 32.1. The second kappa shape index (κ2) is 6.66. The van der Waals surface area contributed by atoms with E-state index in [9.17, 15) is 18.9 Å². The van der Waals surface area contributed by atoms with E-state index in [0.717, 1.165) is 18.3 Å². The molecule has 24 heavy (non-hydrogen) atoms. The van der Waals surface area contributed by atoms with Crippen molar-refractivity contribution in [1.82, 2.24) is 4.98 Å². The van der Waals surface area contributed by atoms with Crippen molar-refractivity contribution < 1.29 is 18.4 Å². The number of aromatic nitrogens is 1. The number of hydrogen-bond acceptors (Lipinski definition) is 5. The van der Waals surface area contributed by atoms with Crippen LogP contribution in [0.5, 0.6) is 0 Å². The van der Waals surface area contributed by atoms with Crippen LogP contribution in [0.4, 0.5) is 20.3 Å². The van der Waals surface area contributed by atoms with Gasteiger partial charge in [-0.3, -0.25) is 10.1 Å². The highest BCUT2D eigenvalue weighted by atomic mass is 35.5. The summed E-state index contributed by atoms with van der Waals surface area (Å²) in [6.07, 6.45) is 1.18. The Bertz CT molecular complexity index is 791. The molecular weight excluding hydrogens is 344 g/mol. The van der Waals surface area contributed by atoms with Crippen molar-refractivity contribution in [3.63, 3.8) is 0 Å². The van der Waals surface area contributed by atoms with Gasteiger partial charge >= 0.3 is 0 Å². The maximum absolute atomic E-state index is 13.4. The number of nitrogens with zero attached hydrogens (tertiary/aromatic N) is 2. The second-order valence-corrected chi connectivity index (χ2v) is 5.69. The molecule has 0 radical (unpaired) electrons. The predicted octanol–water partition coefficient (Wildman–Crippen LogP) is 3.86. The summed E-state index contributed by atoms with van der Waals surface area (Å²) >= 11 is 6.01. The molecule has 0 bridgehead atoms. The summed E-state index contributed by atoms with van der Waals surface area (Å²) in [5.41, 5.74) is 0.271. The first-order valence-corrected chi connectivity index (χ1v) is 7.46.